The number of fused-ring (bicyclic) bond motifs is 1. The average molecular weight is 252 g/mol. The van der Waals surface area contributed by atoms with E-state index in [4.69, 9.17) is 0 Å². The quantitative estimate of drug-likeness (QED) is 0.778. The fraction of sp³-hybridized carbons (Fsp3) is 0.188. The molecule has 1 aromatic heterocycles. The van der Waals surface area contributed by atoms with Crippen LogP contribution in [0.15, 0.2) is 54.6 Å². The molecule has 0 aliphatic carbocycles. The van der Waals surface area contributed by atoms with E-state index < -0.39 is 6.10 Å². The molecule has 1 atom stereocenters. The summed E-state index contributed by atoms with van der Waals surface area (Å²) in [6.45, 7) is 0. The molecular formula is C16H16N2O. The van der Waals surface area contributed by atoms with Crippen LogP contribution < -0.4 is 0 Å². The summed E-state index contributed by atoms with van der Waals surface area (Å²) in [5, 5.41) is 10.3. The van der Waals surface area contributed by atoms with Gasteiger partial charge in [0.15, 0.2) is 0 Å². The van der Waals surface area contributed by atoms with Crippen molar-refractivity contribution in [1.29, 1.82) is 0 Å². The molecule has 0 bridgehead atoms. The molecule has 19 heavy (non-hydrogen) atoms. The Morgan fingerprint density at radius 3 is 2.47 bits per heavy atom. The number of benzene rings is 2. The van der Waals surface area contributed by atoms with E-state index in [1.54, 1.807) is 0 Å². The largest absolute Gasteiger partial charge is 0.388 e. The van der Waals surface area contributed by atoms with Gasteiger partial charge in [-0.15, -0.1) is 0 Å². The van der Waals surface area contributed by atoms with Gasteiger partial charge in [0.25, 0.3) is 0 Å². The Morgan fingerprint density at radius 1 is 1.05 bits per heavy atom. The van der Waals surface area contributed by atoms with Crippen molar-refractivity contribution in [3.8, 4) is 0 Å². The molecule has 0 saturated heterocycles. The van der Waals surface area contributed by atoms with E-state index in [9.17, 15) is 5.11 Å². The molecule has 3 rings (SSSR count). The van der Waals surface area contributed by atoms with Crippen molar-refractivity contribution in [2.24, 2.45) is 7.05 Å². The summed E-state index contributed by atoms with van der Waals surface area (Å²) in [5.41, 5.74) is 2.99. The number of imidazole rings is 1. The number of aryl methyl sites for hydroxylation is 1. The maximum absolute atomic E-state index is 10.3. The highest BCUT2D eigenvalue weighted by Crippen LogP contribution is 2.20. The Hall–Kier alpha value is -2.13. The third kappa shape index (κ3) is 2.25. The van der Waals surface area contributed by atoms with Crippen molar-refractivity contribution in [2.75, 3.05) is 0 Å². The van der Waals surface area contributed by atoms with E-state index in [1.165, 1.54) is 0 Å². The van der Waals surface area contributed by atoms with Crippen LogP contribution in [0.4, 0.5) is 0 Å². The first-order valence-electron chi connectivity index (χ1n) is 6.39. The first-order valence-corrected chi connectivity index (χ1v) is 6.39. The van der Waals surface area contributed by atoms with E-state index in [0.29, 0.717) is 6.42 Å². The van der Waals surface area contributed by atoms with E-state index in [2.05, 4.69) is 4.98 Å². The highest BCUT2D eigenvalue weighted by Gasteiger charge is 2.13. The van der Waals surface area contributed by atoms with Crippen molar-refractivity contribution in [1.82, 2.24) is 9.55 Å². The number of aromatic nitrogens is 2. The second-order valence-electron chi connectivity index (χ2n) is 4.71. The zero-order valence-corrected chi connectivity index (χ0v) is 10.8. The third-order valence-electron chi connectivity index (χ3n) is 3.44. The molecule has 0 spiro atoms. The summed E-state index contributed by atoms with van der Waals surface area (Å²) >= 11 is 0. The maximum atomic E-state index is 10.3. The van der Waals surface area contributed by atoms with Gasteiger partial charge in [-0.05, 0) is 17.7 Å². The van der Waals surface area contributed by atoms with Gasteiger partial charge < -0.3 is 9.67 Å². The topological polar surface area (TPSA) is 38.0 Å². The molecular weight excluding hydrogens is 236 g/mol. The number of rotatable bonds is 3. The van der Waals surface area contributed by atoms with Gasteiger partial charge in [0.1, 0.15) is 5.82 Å². The lowest BCUT2D eigenvalue weighted by Crippen LogP contribution is -2.06. The number of para-hydroxylation sites is 2. The Kier molecular flexibility index (Phi) is 3.05. The van der Waals surface area contributed by atoms with Crippen LogP contribution in [0, 0.1) is 0 Å². The molecule has 0 amide bonds. The fourth-order valence-corrected chi connectivity index (χ4v) is 2.34. The van der Waals surface area contributed by atoms with Gasteiger partial charge in [-0.2, -0.15) is 0 Å². The summed E-state index contributed by atoms with van der Waals surface area (Å²) in [6, 6.07) is 17.7. The SMILES string of the molecule is Cn1c(C[C@@H](O)c2ccccc2)nc2ccccc21. The molecule has 0 aliphatic rings. The molecule has 3 nitrogen and oxygen atoms in total. The van der Waals surface area contributed by atoms with Crippen molar-refractivity contribution in [3.63, 3.8) is 0 Å². The molecule has 96 valence electrons. The van der Waals surface area contributed by atoms with Crippen molar-refractivity contribution in [3.05, 3.63) is 66.0 Å². The molecule has 2 aromatic carbocycles. The molecule has 1 heterocycles. The Balaban J connectivity index is 1.91. The molecule has 3 aromatic rings. The molecule has 1 N–H and O–H groups in total. The molecule has 0 unspecified atom stereocenters. The minimum absolute atomic E-state index is 0.517. The molecule has 0 radical (unpaired) electrons. The average Bonchev–Trinajstić information content (AvgIpc) is 2.77. The maximum Gasteiger partial charge on any atom is 0.112 e. The van der Waals surface area contributed by atoms with E-state index in [0.717, 1.165) is 22.4 Å². The van der Waals surface area contributed by atoms with Gasteiger partial charge in [-0.25, -0.2) is 4.98 Å². The zero-order chi connectivity index (χ0) is 13.2. The van der Waals surface area contributed by atoms with Crippen LogP contribution >= 0.6 is 0 Å². The number of aliphatic hydroxyl groups excluding tert-OH is 1. The second-order valence-corrected chi connectivity index (χ2v) is 4.71. The van der Waals surface area contributed by atoms with Crippen molar-refractivity contribution in [2.45, 2.75) is 12.5 Å². The van der Waals surface area contributed by atoms with Gasteiger partial charge in [-0.3, -0.25) is 0 Å². The third-order valence-corrected chi connectivity index (χ3v) is 3.44. The lowest BCUT2D eigenvalue weighted by molar-refractivity contribution is 0.175. The number of aliphatic hydroxyl groups is 1. The lowest BCUT2D eigenvalue weighted by atomic mass is 10.1. The first kappa shape index (κ1) is 11.9. The predicted octanol–water partition coefficient (Wildman–Crippen LogP) is 2.85. The highest BCUT2D eigenvalue weighted by atomic mass is 16.3. The van der Waals surface area contributed by atoms with Crippen LogP contribution in [-0.4, -0.2) is 14.7 Å². The predicted molar refractivity (Wildman–Crippen MR) is 75.8 cm³/mol. The Labute approximate surface area is 112 Å². The monoisotopic (exact) mass is 252 g/mol. The van der Waals surface area contributed by atoms with Crippen LogP contribution in [-0.2, 0) is 13.5 Å². The molecule has 3 heteroatoms. The van der Waals surface area contributed by atoms with Gasteiger partial charge in [-0.1, -0.05) is 42.5 Å². The van der Waals surface area contributed by atoms with Crippen LogP contribution in [0.3, 0.4) is 0 Å². The smallest absolute Gasteiger partial charge is 0.112 e. The molecule has 0 fully saturated rings. The van der Waals surface area contributed by atoms with Gasteiger partial charge >= 0.3 is 0 Å². The number of hydrogen-bond donors (Lipinski definition) is 1. The Bertz CT molecular complexity index is 688. The second kappa shape index (κ2) is 4.86. The minimum Gasteiger partial charge on any atom is -0.388 e. The summed E-state index contributed by atoms with van der Waals surface area (Å²) in [6.07, 6.45) is 0.00608. The summed E-state index contributed by atoms with van der Waals surface area (Å²) in [5.74, 6) is 0.901. The zero-order valence-electron chi connectivity index (χ0n) is 10.8. The van der Waals surface area contributed by atoms with Gasteiger partial charge in [0.05, 0.1) is 17.1 Å². The number of nitrogens with zero attached hydrogens (tertiary/aromatic N) is 2. The summed E-state index contributed by atoms with van der Waals surface area (Å²) < 4.78 is 2.04. The van der Waals surface area contributed by atoms with Crippen LogP contribution in [0.1, 0.15) is 17.5 Å². The van der Waals surface area contributed by atoms with E-state index >= 15 is 0 Å². The Morgan fingerprint density at radius 2 is 1.74 bits per heavy atom. The summed E-state index contributed by atoms with van der Waals surface area (Å²) in [7, 11) is 1.99. The normalized spacial score (nSPS) is 12.7. The van der Waals surface area contributed by atoms with Crippen LogP contribution in [0.2, 0.25) is 0 Å². The van der Waals surface area contributed by atoms with Gasteiger partial charge in [0.2, 0.25) is 0 Å². The van der Waals surface area contributed by atoms with Crippen molar-refractivity contribution >= 4 is 11.0 Å². The lowest BCUT2D eigenvalue weighted by Gasteiger charge is -2.10. The minimum atomic E-state index is -0.517. The molecule has 0 aliphatic heterocycles. The van der Waals surface area contributed by atoms with Crippen LogP contribution in [0.25, 0.3) is 11.0 Å². The van der Waals surface area contributed by atoms with Crippen molar-refractivity contribution < 1.29 is 5.11 Å². The molecule has 0 saturated carbocycles. The van der Waals surface area contributed by atoms with Crippen LogP contribution in [0.5, 0.6) is 0 Å². The van der Waals surface area contributed by atoms with Gasteiger partial charge in [0, 0.05) is 13.5 Å². The fourth-order valence-electron chi connectivity index (χ4n) is 2.34. The standard InChI is InChI=1S/C16H16N2O/c1-18-14-10-6-5-9-13(14)17-16(18)11-15(19)12-7-3-2-4-8-12/h2-10,15,19H,11H2,1H3/t15-/m1/s1. The number of hydrogen-bond acceptors (Lipinski definition) is 2. The summed E-state index contributed by atoms with van der Waals surface area (Å²) in [4.78, 5) is 4.58. The first-order chi connectivity index (χ1) is 9.25. The van der Waals surface area contributed by atoms with E-state index in [1.807, 2.05) is 66.2 Å². The van der Waals surface area contributed by atoms with E-state index in [-0.39, 0.29) is 0 Å². The highest BCUT2D eigenvalue weighted by molar-refractivity contribution is 5.75.